The Morgan fingerprint density at radius 3 is 2.59 bits per heavy atom. The van der Waals surface area contributed by atoms with Crippen LogP contribution in [0.15, 0.2) is 66.5 Å². The van der Waals surface area contributed by atoms with Gasteiger partial charge in [0.05, 0.1) is 23.3 Å². The molecule has 2 heterocycles. The van der Waals surface area contributed by atoms with Crippen molar-refractivity contribution < 1.29 is 4.79 Å². The Labute approximate surface area is 158 Å². The highest BCUT2D eigenvalue weighted by Gasteiger charge is 2.42. The number of para-hydroxylation sites is 3. The number of rotatable bonds is 1. The molecule has 3 N–H and O–H groups in total. The molecule has 0 spiro atoms. The van der Waals surface area contributed by atoms with Gasteiger partial charge in [0.2, 0.25) is 0 Å². The van der Waals surface area contributed by atoms with Gasteiger partial charge in [0, 0.05) is 34.8 Å². The minimum Gasteiger partial charge on any atom is -0.375 e. The molecule has 136 valence electrons. The van der Waals surface area contributed by atoms with Crippen molar-refractivity contribution in [3.63, 3.8) is 0 Å². The third kappa shape index (κ3) is 2.64. The maximum atomic E-state index is 13.3. The normalized spacial score (nSPS) is 23.5. The summed E-state index contributed by atoms with van der Waals surface area (Å²) >= 11 is 0. The molecule has 0 fully saturated rings. The number of allylic oxidation sites excluding steroid dienone is 1. The summed E-state index contributed by atoms with van der Waals surface area (Å²) in [5.74, 6) is 0.0465. The minimum atomic E-state index is -0.232. The van der Waals surface area contributed by atoms with Gasteiger partial charge in [0.15, 0.2) is 0 Å². The van der Waals surface area contributed by atoms with Crippen LogP contribution in [0.3, 0.4) is 0 Å². The van der Waals surface area contributed by atoms with Crippen LogP contribution in [0.2, 0.25) is 0 Å². The van der Waals surface area contributed by atoms with Crippen molar-refractivity contribution in [3.8, 4) is 0 Å². The van der Waals surface area contributed by atoms with Gasteiger partial charge in [0.1, 0.15) is 5.78 Å². The number of aromatic nitrogens is 1. The predicted octanol–water partition coefficient (Wildman–Crippen LogP) is 5.25. The molecule has 0 amide bonds. The van der Waals surface area contributed by atoms with Crippen LogP contribution in [-0.2, 0) is 4.79 Å². The van der Waals surface area contributed by atoms with Gasteiger partial charge >= 0.3 is 0 Å². The van der Waals surface area contributed by atoms with Crippen molar-refractivity contribution in [2.75, 3.05) is 10.6 Å². The Morgan fingerprint density at radius 1 is 1.00 bits per heavy atom. The second-order valence-electron chi connectivity index (χ2n) is 8.29. The standard InChI is InChI=1S/C23H23N3O/c1-23(2)11-19-21(20(27)12-23)22(26-18-10-6-5-9-17(18)25-19)15-13-24-16-8-4-3-7-14(15)16/h3-11,13,21-22,24-26H,12H2,1-2H3. The van der Waals surface area contributed by atoms with E-state index < -0.39 is 0 Å². The fourth-order valence-corrected chi connectivity index (χ4v) is 4.51. The average molecular weight is 357 g/mol. The number of carbonyl (C=O) groups excluding carboxylic acids is 1. The maximum absolute atomic E-state index is 13.3. The summed E-state index contributed by atoms with van der Waals surface area (Å²) in [7, 11) is 0. The van der Waals surface area contributed by atoms with Gasteiger partial charge in [-0.15, -0.1) is 0 Å². The number of Topliss-reactive ketones (excluding diaryl/α,β-unsaturated/α-hetero) is 1. The van der Waals surface area contributed by atoms with E-state index in [9.17, 15) is 4.79 Å². The van der Waals surface area contributed by atoms with Crippen molar-refractivity contribution in [3.05, 3.63) is 72.1 Å². The van der Waals surface area contributed by atoms with Gasteiger partial charge in [0.25, 0.3) is 0 Å². The molecule has 4 nitrogen and oxygen atoms in total. The Morgan fingerprint density at radius 2 is 1.74 bits per heavy atom. The van der Waals surface area contributed by atoms with Crippen LogP contribution < -0.4 is 10.6 Å². The van der Waals surface area contributed by atoms with Crippen LogP contribution in [0.4, 0.5) is 11.4 Å². The Bertz CT molecular complexity index is 1080. The number of hydrogen-bond donors (Lipinski definition) is 3. The zero-order chi connectivity index (χ0) is 18.6. The molecule has 0 bridgehead atoms. The van der Waals surface area contributed by atoms with E-state index in [4.69, 9.17) is 0 Å². The number of H-pyrrole nitrogens is 1. The molecule has 2 unspecified atom stereocenters. The Kier molecular flexibility index (Phi) is 3.44. The molecule has 0 radical (unpaired) electrons. The van der Waals surface area contributed by atoms with Crippen molar-refractivity contribution in [1.29, 1.82) is 0 Å². The fraction of sp³-hybridized carbons (Fsp3) is 0.261. The van der Waals surface area contributed by atoms with Crippen LogP contribution in [0, 0.1) is 11.3 Å². The smallest absolute Gasteiger partial charge is 0.145 e. The molecular formula is C23H23N3O. The average Bonchev–Trinajstić information content (AvgIpc) is 2.97. The summed E-state index contributed by atoms with van der Waals surface area (Å²) < 4.78 is 0. The van der Waals surface area contributed by atoms with E-state index in [2.05, 4.69) is 59.8 Å². The second-order valence-corrected chi connectivity index (χ2v) is 8.29. The number of hydrogen-bond acceptors (Lipinski definition) is 3. The molecule has 1 aromatic heterocycles. The molecule has 2 aromatic carbocycles. The number of benzene rings is 2. The van der Waals surface area contributed by atoms with E-state index in [1.54, 1.807) is 0 Å². The minimum absolute atomic E-state index is 0.118. The summed E-state index contributed by atoms with van der Waals surface area (Å²) in [6.45, 7) is 4.25. The number of anilines is 2. The van der Waals surface area contributed by atoms with Crippen LogP contribution >= 0.6 is 0 Å². The highest BCUT2D eigenvalue weighted by Crippen LogP contribution is 2.46. The first-order valence-electron chi connectivity index (χ1n) is 9.46. The zero-order valence-electron chi connectivity index (χ0n) is 15.5. The number of fused-ring (bicyclic) bond motifs is 3. The fourth-order valence-electron chi connectivity index (χ4n) is 4.51. The molecule has 27 heavy (non-hydrogen) atoms. The molecule has 2 aliphatic rings. The van der Waals surface area contributed by atoms with E-state index in [1.165, 1.54) is 0 Å². The number of carbonyl (C=O) groups is 1. The van der Waals surface area contributed by atoms with Crippen LogP contribution in [0.1, 0.15) is 31.9 Å². The van der Waals surface area contributed by atoms with Gasteiger partial charge < -0.3 is 15.6 Å². The van der Waals surface area contributed by atoms with Crippen molar-refractivity contribution in [2.24, 2.45) is 11.3 Å². The monoisotopic (exact) mass is 357 g/mol. The molecule has 2 atom stereocenters. The summed E-state index contributed by atoms with van der Waals surface area (Å²) in [4.78, 5) is 16.6. The largest absolute Gasteiger partial charge is 0.375 e. The first-order valence-corrected chi connectivity index (χ1v) is 9.46. The molecular weight excluding hydrogens is 334 g/mol. The molecule has 4 heteroatoms. The Hall–Kier alpha value is -3.01. The summed E-state index contributed by atoms with van der Waals surface area (Å²) in [6.07, 6.45) is 4.84. The third-order valence-electron chi connectivity index (χ3n) is 5.66. The first-order chi connectivity index (χ1) is 13.0. The van der Waals surface area contributed by atoms with E-state index in [1.807, 2.05) is 30.5 Å². The van der Waals surface area contributed by atoms with Crippen LogP contribution in [0.5, 0.6) is 0 Å². The lowest BCUT2D eigenvalue weighted by molar-refractivity contribution is -0.124. The topological polar surface area (TPSA) is 56.9 Å². The maximum Gasteiger partial charge on any atom is 0.145 e. The van der Waals surface area contributed by atoms with Crippen LogP contribution in [-0.4, -0.2) is 10.8 Å². The summed E-state index contributed by atoms with van der Waals surface area (Å²) in [5, 5.41) is 8.38. The highest BCUT2D eigenvalue weighted by atomic mass is 16.1. The molecule has 1 aliphatic carbocycles. The quantitative estimate of drug-likeness (QED) is 0.558. The number of nitrogens with one attached hydrogen (secondary N) is 3. The zero-order valence-corrected chi connectivity index (χ0v) is 15.5. The van der Waals surface area contributed by atoms with Gasteiger partial charge in [-0.25, -0.2) is 0 Å². The summed E-state index contributed by atoms with van der Waals surface area (Å²) in [5.41, 5.74) is 5.13. The lowest BCUT2D eigenvalue weighted by Crippen LogP contribution is -2.36. The predicted molar refractivity (Wildman–Crippen MR) is 110 cm³/mol. The third-order valence-corrected chi connectivity index (χ3v) is 5.66. The van der Waals surface area contributed by atoms with Gasteiger partial charge in [-0.3, -0.25) is 4.79 Å². The lowest BCUT2D eigenvalue weighted by Gasteiger charge is -2.35. The molecule has 3 aromatic rings. The van der Waals surface area contributed by atoms with E-state index >= 15 is 0 Å². The summed E-state index contributed by atoms with van der Waals surface area (Å²) in [6, 6.07) is 16.3. The second kappa shape index (κ2) is 5.74. The molecule has 0 saturated heterocycles. The van der Waals surface area contributed by atoms with E-state index in [-0.39, 0.29) is 23.2 Å². The van der Waals surface area contributed by atoms with E-state index in [0.717, 1.165) is 33.5 Å². The van der Waals surface area contributed by atoms with Crippen molar-refractivity contribution in [2.45, 2.75) is 26.3 Å². The van der Waals surface area contributed by atoms with Gasteiger partial charge in [-0.1, -0.05) is 50.3 Å². The highest BCUT2D eigenvalue weighted by molar-refractivity contribution is 5.92. The SMILES string of the molecule is CC1(C)C=C2Nc3ccccc3NC(c3c[nH]c4ccccc34)C2C(=O)C1. The van der Waals surface area contributed by atoms with E-state index in [0.29, 0.717) is 6.42 Å². The Balaban J connectivity index is 1.72. The first kappa shape index (κ1) is 16.2. The van der Waals surface area contributed by atoms with Gasteiger partial charge in [-0.05, 0) is 23.6 Å². The van der Waals surface area contributed by atoms with Crippen LogP contribution in [0.25, 0.3) is 10.9 Å². The molecule has 0 saturated carbocycles. The number of aromatic amines is 1. The molecule has 1 aliphatic heterocycles. The molecule has 5 rings (SSSR count). The van der Waals surface area contributed by atoms with Crippen molar-refractivity contribution >= 4 is 28.1 Å². The van der Waals surface area contributed by atoms with Crippen molar-refractivity contribution in [1.82, 2.24) is 4.98 Å². The number of ketones is 1. The lowest BCUT2D eigenvalue weighted by atomic mass is 9.72. The van der Waals surface area contributed by atoms with Gasteiger partial charge in [-0.2, -0.15) is 0 Å².